The molecule has 2 aromatic rings. The van der Waals surface area contributed by atoms with Crippen molar-refractivity contribution in [2.24, 2.45) is 0 Å². The van der Waals surface area contributed by atoms with E-state index in [0.29, 0.717) is 16.2 Å². The molecule has 19 heavy (non-hydrogen) atoms. The van der Waals surface area contributed by atoms with Crippen LogP contribution in [0.3, 0.4) is 0 Å². The van der Waals surface area contributed by atoms with Gasteiger partial charge in [0.1, 0.15) is 12.0 Å². The summed E-state index contributed by atoms with van der Waals surface area (Å²) in [4.78, 5) is 23.7. The van der Waals surface area contributed by atoms with Crippen LogP contribution in [0.1, 0.15) is 10.5 Å². The van der Waals surface area contributed by atoms with Gasteiger partial charge in [-0.1, -0.05) is 5.16 Å². The third-order valence-corrected chi connectivity index (χ3v) is 2.99. The number of carbonyl (C=O) groups is 1. The minimum absolute atomic E-state index is 0.268. The lowest BCUT2D eigenvalue weighted by Gasteiger charge is -2.16. The van der Waals surface area contributed by atoms with Crippen LogP contribution in [0.5, 0.6) is 0 Å². The summed E-state index contributed by atoms with van der Waals surface area (Å²) in [6.45, 7) is 0. The van der Waals surface area contributed by atoms with Gasteiger partial charge >= 0.3 is 0 Å². The average Bonchev–Trinajstić information content (AvgIpc) is 2.91. The second-order valence-corrected chi connectivity index (χ2v) is 4.84. The number of halogens is 1. The SMILES string of the molecule is CN(C)c1ncc(Br)c(C(=O)N(C)c2ccon2)n1. The Labute approximate surface area is 118 Å². The second-order valence-electron chi connectivity index (χ2n) is 3.98. The van der Waals surface area contributed by atoms with E-state index in [-0.39, 0.29) is 11.6 Å². The first-order valence-electron chi connectivity index (χ1n) is 5.39. The number of aromatic nitrogens is 3. The van der Waals surface area contributed by atoms with Gasteiger partial charge in [-0.05, 0) is 15.9 Å². The molecule has 0 unspecified atom stereocenters. The lowest BCUT2D eigenvalue weighted by Crippen LogP contribution is -2.28. The van der Waals surface area contributed by atoms with Crippen LogP contribution in [-0.2, 0) is 0 Å². The normalized spacial score (nSPS) is 10.3. The first kappa shape index (κ1) is 13.5. The van der Waals surface area contributed by atoms with Crippen LogP contribution in [-0.4, -0.2) is 42.2 Å². The molecule has 100 valence electrons. The molecular weight excluding hydrogens is 314 g/mol. The minimum Gasteiger partial charge on any atom is -0.363 e. The molecule has 0 atom stereocenters. The van der Waals surface area contributed by atoms with E-state index >= 15 is 0 Å². The number of hydrogen-bond donors (Lipinski definition) is 0. The van der Waals surface area contributed by atoms with E-state index in [0.717, 1.165) is 0 Å². The minimum atomic E-state index is -0.300. The fourth-order valence-electron chi connectivity index (χ4n) is 1.37. The predicted octanol–water partition coefficient (Wildman–Crippen LogP) is 1.57. The zero-order valence-electron chi connectivity index (χ0n) is 10.7. The summed E-state index contributed by atoms with van der Waals surface area (Å²) >= 11 is 3.28. The first-order chi connectivity index (χ1) is 9.00. The van der Waals surface area contributed by atoms with Gasteiger partial charge in [-0.2, -0.15) is 0 Å². The van der Waals surface area contributed by atoms with Gasteiger partial charge < -0.3 is 9.42 Å². The highest BCUT2D eigenvalue weighted by Crippen LogP contribution is 2.19. The maximum atomic E-state index is 12.3. The van der Waals surface area contributed by atoms with Crippen LogP contribution >= 0.6 is 15.9 Å². The second kappa shape index (κ2) is 5.35. The summed E-state index contributed by atoms with van der Waals surface area (Å²) in [5, 5.41) is 3.71. The number of carbonyl (C=O) groups excluding carboxylic acids is 1. The highest BCUT2D eigenvalue weighted by molar-refractivity contribution is 9.10. The maximum absolute atomic E-state index is 12.3. The molecule has 0 aliphatic heterocycles. The zero-order chi connectivity index (χ0) is 14.0. The predicted molar refractivity (Wildman–Crippen MR) is 73.3 cm³/mol. The van der Waals surface area contributed by atoms with Gasteiger partial charge in [0.25, 0.3) is 5.91 Å². The Morgan fingerprint density at radius 1 is 1.37 bits per heavy atom. The Morgan fingerprint density at radius 3 is 2.68 bits per heavy atom. The fraction of sp³-hybridized carbons (Fsp3) is 0.273. The van der Waals surface area contributed by atoms with Crippen LogP contribution in [0.4, 0.5) is 11.8 Å². The Bertz CT molecular complexity index is 585. The molecule has 2 rings (SSSR count). The largest absolute Gasteiger partial charge is 0.363 e. The lowest BCUT2D eigenvalue weighted by molar-refractivity contribution is 0.0986. The van der Waals surface area contributed by atoms with Gasteiger partial charge in [-0.15, -0.1) is 0 Å². The molecule has 0 radical (unpaired) electrons. The van der Waals surface area contributed by atoms with Crippen molar-refractivity contribution in [1.82, 2.24) is 15.1 Å². The van der Waals surface area contributed by atoms with E-state index in [1.807, 2.05) is 0 Å². The maximum Gasteiger partial charge on any atom is 0.279 e. The number of anilines is 2. The van der Waals surface area contributed by atoms with Crippen LogP contribution in [0.2, 0.25) is 0 Å². The standard InChI is InChI=1S/C11H12BrN5O2/c1-16(2)11-13-6-7(12)9(14-11)10(18)17(3)8-4-5-19-15-8/h4-6H,1-3H3. The first-order valence-corrected chi connectivity index (χ1v) is 6.18. The lowest BCUT2D eigenvalue weighted by atomic mass is 10.3. The number of rotatable bonds is 3. The Balaban J connectivity index is 2.35. The molecular formula is C11H12BrN5O2. The molecule has 0 aliphatic carbocycles. The zero-order valence-corrected chi connectivity index (χ0v) is 12.2. The highest BCUT2D eigenvalue weighted by atomic mass is 79.9. The van der Waals surface area contributed by atoms with Gasteiger partial charge in [0.15, 0.2) is 5.82 Å². The van der Waals surface area contributed by atoms with Crippen molar-refractivity contribution >= 4 is 33.6 Å². The molecule has 0 saturated heterocycles. The van der Waals surface area contributed by atoms with Gasteiger partial charge in [0.2, 0.25) is 5.95 Å². The molecule has 8 heteroatoms. The average molecular weight is 326 g/mol. The summed E-state index contributed by atoms with van der Waals surface area (Å²) in [6.07, 6.45) is 2.95. The van der Waals surface area contributed by atoms with E-state index in [9.17, 15) is 4.79 Å². The summed E-state index contributed by atoms with van der Waals surface area (Å²) in [6, 6.07) is 1.60. The number of amides is 1. The monoisotopic (exact) mass is 325 g/mol. The Hall–Kier alpha value is -1.96. The van der Waals surface area contributed by atoms with Crippen molar-refractivity contribution in [2.45, 2.75) is 0 Å². The molecule has 2 aromatic heterocycles. The van der Waals surface area contributed by atoms with Gasteiger partial charge in [0, 0.05) is 33.4 Å². The van der Waals surface area contributed by atoms with E-state index in [2.05, 4.69) is 31.1 Å². The Kier molecular flexibility index (Phi) is 3.79. The van der Waals surface area contributed by atoms with Crippen molar-refractivity contribution < 1.29 is 9.32 Å². The van der Waals surface area contributed by atoms with Gasteiger partial charge in [-0.3, -0.25) is 9.69 Å². The number of hydrogen-bond acceptors (Lipinski definition) is 6. The highest BCUT2D eigenvalue weighted by Gasteiger charge is 2.21. The van der Waals surface area contributed by atoms with E-state index in [1.54, 1.807) is 38.3 Å². The smallest absolute Gasteiger partial charge is 0.279 e. The Morgan fingerprint density at radius 2 is 2.11 bits per heavy atom. The van der Waals surface area contributed by atoms with Crippen molar-refractivity contribution in [3.63, 3.8) is 0 Å². The molecule has 0 spiro atoms. The topological polar surface area (TPSA) is 75.4 Å². The molecule has 0 fully saturated rings. The van der Waals surface area contributed by atoms with Crippen LogP contribution in [0.25, 0.3) is 0 Å². The van der Waals surface area contributed by atoms with Crippen molar-refractivity contribution in [2.75, 3.05) is 30.9 Å². The molecule has 0 saturated carbocycles. The molecule has 7 nitrogen and oxygen atoms in total. The van der Waals surface area contributed by atoms with Crippen LogP contribution in [0, 0.1) is 0 Å². The summed E-state index contributed by atoms with van der Waals surface area (Å²) in [7, 11) is 5.21. The van der Waals surface area contributed by atoms with Crippen molar-refractivity contribution in [3.05, 3.63) is 28.7 Å². The molecule has 0 N–H and O–H groups in total. The molecule has 1 amide bonds. The van der Waals surface area contributed by atoms with Crippen molar-refractivity contribution in [3.8, 4) is 0 Å². The van der Waals surface area contributed by atoms with Gasteiger partial charge in [0.05, 0.1) is 4.47 Å². The van der Waals surface area contributed by atoms with Crippen LogP contribution in [0.15, 0.2) is 27.5 Å². The van der Waals surface area contributed by atoms with Crippen LogP contribution < -0.4 is 9.80 Å². The fourth-order valence-corrected chi connectivity index (χ4v) is 1.73. The third-order valence-electron chi connectivity index (χ3n) is 2.41. The number of nitrogens with zero attached hydrogens (tertiary/aromatic N) is 5. The van der Waals surface area contributed by atoms with Crippen molar-refractivity contribution in [1.29, 1.82) is 0 Å². The quantitative estimate of drug-likeness (QED) is 0.852. The molecule has 2 heterocycles. The van der Waals surface area contributed by atoms with E-state index in [4.69, 9.17) is 4.52 Å². The summed E-state index contributed by atoms with van der Waals surface area (Å²) in [5.41, 5.74) is 0.268. The van der Waals surface area contributed by atoms with E-state index < -0.39 is 0 Å². The molecule has 0 aliphatic rings. The molecule has 0 bridgehead atoms. The summed E-state index contributed by atoms with van der Waals surface area (Å²) < 4.78 is 5.24. The van der Waals surface area contributed by atoms with Gasteiger partial charge in [-0.25, -0.2) is 9.97 Å². The van der Waals surface area contributed by atoms with E-state index in [1.165, 1.54) is 11.2 Å². The third kappa shape index (κ3) is 2.73. The molecule has 0 aromatic carbocycles. The summed E-state index contributed by atoms with van der Waals surface area (Å²) in [5.74, 6) is 0.577.